The zero-order valence-electron chi connectivity index (χ0n) is 12.2. The smallest absolute Gasteiger partial charge is 0.545 e. The summed E-state index contributed by atoms with van der Waals surface area (Å²) in [4.78, 5) is 31.3. The molecular formula is C9H11Na3O10. The first-order valence-corrected chi connectivity index (χ1v) is 3.71. The molecule has 10 nitrogen and oxygen atoms in total. The van der Waals surface area contributed by atoms with Crippen LogP contribution in [0.2, 0.25) is 0 Å². The van der Waals surface area contributed by atoms with E-state index in [1.807, 2.05) is 0 Å². The van der Waals surface area contributed by atoms with Gasteiger partial charge in [0.15, 0.2) is 0 Å². The molecular weight excluding hydrogens is 337 g/mol. The summed E-state index contributed by atoms with van der Waals surface area (Å²) >= 11 is 0. The number of hydrogen-bond acceptors (Lipinski definition) is 6. The molecule has 8 N–H and O–H groups in total. The molecule has 110 valence electrons. The molecule has 0 unspecified atom stereocenters. The van der Waals surface area contributed by atoms with E-state index < -0.39 is 34.6 Å². The molecule has 0 aromatic heterocycles. The van der Waals surface area contributed by atoms with E-state index in [-0.39, 0.29) is 111 Å². The molecule has 0 fully saturated rings. The summed E-state index contributed by atoms with van der Waals surface area (Å²) in [7, 11) is 0. The van der Waals surface area contributed by atoms with Crippen molar-refractivity contribution in [3.63, 3.8) is 0 Å². The number of rotatable bonds is 3. The fourth-order valence-corrected chi connectivity index (χ4v) is 1.02. The van der Waals surface area contributed by atoms with E-state index in [2.05, 4.69) is 0 Å². The van der Waals surface area contributed by atoms with Gasteiger partial charge < -0.3 is 51.6 Å². The Bertz CT molecular complexity index is 465. The molecule has 0 aliphatic carbocycles. The normalized spacial score (nSPS) is 6.55. The van der Waals surface area contributed by atoms with Crippen LogP contribution in [0.4, 0.5) is 0 Å². The summed E-state index contributed by atoms with van der Waals surface area (Å²) in [5.74, 6) is -5.13. The fraction of sp³-hybridized carbons (Fsp3) is 0. The van der Waals surface area contributed by atoms with Crippen molar-refractivity contribution in [2.75, 3.05) is 0 Å². The van der Waals surface area contributed by atoms with Crippen molar-refractivity contribution in [3.8, 4) is 0 Å². The van der Waals surface area contributed by atoms with Gasteiger partial charge in [0.05, 0.1) is 17.9 Å². The standard InChI is InChI=1S/C9H6O6.3Na.4H2O/c10-7(11)4-1-2-5(8(12)13)6(3-4)9(14)15;;;;;;;/h1-3H,(H,10,11)(H,12,13)(H,14,15);;;;4*1H2/q;3*+1;;;;/p-3. The topological polar surface area (TPSA) is 246 Å². The van der Waals surface area contributed by atoms with E-state index >= 15 is 0 Å². The third-order valence-corrected chi connectivity index (χ3v) is 1.70. The Kier molecular flexibility index (Phi) is 38.4. The quantitative estimate of drug-likeness (QED) is 0.479. The minimum absolute atomic E-state index is 0. The predicted molar refractivity (Wildman–Crippen MR) is 53.9 cm³/mol. The van der Waals surface area contributed by atoms with Crippen molar-refractivity contribution >= 4 is 17.9 Å². The van der Waals surface area contributed by atoms with Crippen molar-refractivity contribution in [1.29, 1.82) is 0 Å². The minimum Gasteiger partial charge on any atom is -0.545 e. The number of carboxylic acids is 3. The van der Waals surface area contributed by atoms with Gasteiger partial charge in [-0.3, -0.25) is 0 Å². The molecule has 0 aliphatic rings. The van der Waals surface area contributed by atoms with Gasteiger partial charge in [-0.1, -0.05) is 12.1 Å². The molecule has 1 aromatic carbocycles. The van der Waals surface area contributed by atoms with Gasteiger partial charge in [-0.05, 0) is 11.6 Å². The van der Waals surface area contributed by atoms with Crippen LogP contribution in [0.3, 0.4) is 0 Å². The van der Waals surface area contributed by atoms with Crippen molar-refractivity contribution in [2.24, 2.45) is 0 Å². The largest absolute Gasteiger partial charge is 1.00 e. The average Bonchev–Trinajstić information content (AvgIpc) is 2.16. The van der Waals surface area contributed by atoms with Crippen LogP contribution in [-0.2, 0) is 0 Å². The predicted octanol–water partition coefficient (Wildman–Crippen LogP) is -15.5. The van der Waals surface area contributed by atoms with Gasteiger partial charge in [0, 0.05) is 11.1 Å². The Morgan fingerprint density at radius 3 is 1.27 bits per heavy atom. The molecule has 0 saturated carbocycles. The second-order valence-corrected chi connectivity index (χ2v) is 2.62. The number of benzene rings is 1. The second kappa shape index (κ2) is 19.5. The Hall–Kier alpha value is 0.470. The molecule has 1 rings (SSSR count). The first-order chi connectivity index (χ1) is 6.93. The monoisotopic (exact) mass is 348 g/mol. The van der Waals surface area contributed by atoms with Crippen LogP contribution >= 0.6 is 0 Å². The van der Waals surface area contributed by atoms with Gasteiger partial charge in [0.1, 0.15) is 0 Å². The Morgan fingerprint density at radius 1 is 0.636 bits per heavy atom. The molecule has 0 spiro atoms. The van der Waals surface area contributed by atoms with Gasteiger partial charge in [0.25, 0.3) is 0 Å². The van der Waals surface area contributed by atoms with Crippen LogP contribution in [0.5, 0.6) is 0 Å². The summed E-state index contributed by atoms with van der Waals surface area (Å²) in [5.41, 5.74) is -1.84. The average molecular weight is 348 g/mol. The van der Waals surface area contributed by atoms with E-state index in [1.54, 1.807) is 0 Å². The number of carbonyl (C=O) groups is 3. The molecule has 0 amide bonds. The molecule has 0 aliphatic heterocycles. The molecule has 0 saturated heterocycles. The Morgan fingerprint density at radius 2 is 1.00 bits per heavy atom. The third-order valence-electron chi connectivity index (χ3n) is 1.70. The van der Waals surface area contributed by atoms with Crippen molar-refractivity contribution in [1.82, 2.24) is 0 Å². The van der Waals surface area contributed by atoms with E-state index in [4.69, 9.17) is 0 Å². The maximum Gasteiger partial charge on any atom is 1.00 e. The van der Waals surface area contributed by atoms with E-state index in [9.17, 15) is 29.7 Å². The molecule has 0 atom stereocenters. The number of hydrogen-bond donors (Lipinski definition) is 0. The molecule has 22 heavy (non-hydrogen) atoms. The SMILES string of the molecule is O.O.O.O.O=C([O-])c1ccc(C(=O)[O-])c(C(=O)[O-])c1.[Na+].[Na+].[Na+]. The van der Waals surface area contributed by atoms with Crippen LogP contribution < -0.4 is 104 Å². The van der Waals surface area contributed by atoms with Gasteiger partial charge in [-0.15, -0.1) is 0 Å². The zero-order valence-corrected chi connectivity index (χ0v) is 18.2. The summed E-state index contributed by atoms with van der Waals surface area (Å²) in [5, 5.41) is 31.3. The minimum atomic E-state index is -1.79. The second-order valence-electron chi connectivity index (χ2n) is 2.62. The summed E-state index contributed by atoms with van der Waals surface area (Å²) in [6.45, 7) is 0. The van der Waals surface area contributed by atoms with E-state index in [1.165, 1.54) is 0 Å². The molecule has 0 bridgehead atoms. The van der Waals surface area contributed by atoms with Crippen molar-refractivity contribution in [3.05, 3.63) is 34.9 Å². The molecule has 0 radical (unpaired) electrons. The summed E-state index contributed by atoms with van der Waals surface area (Å²) in [6, 6.07) is 2.37. The van der Waals surface area contributed by atoms with Gasteiger partial charge >= 0.3 is 88.7 Å². The van der Waals surface area contributed by atoms with Gasteiger partial charge in [0.2, 0.25) is 0 Å². The number of aromatic carboxylic acids is 3. The molecule has 1 aromatic rings. The summed E-state index contributed by atoms with van der Waals surface area (Å²) in [6.07, 6.45) is 0. The maximum atomic E-state index is 10.5. The first kappa shape index (κ1) is 43.3. The van der Waals surface area contributed by atoms with Crippen LogP contribution in [0.25, 0.3) is 0 Å². The van der Waals surface area contributed by atoms with E-state index in [0.717, 1.165) is 12.1 Å². The van der Waals surface area contributed by atoms with Crippen LogP contribution in [0, 0.1) is 0 Å². The van der Waals surface area contributed by atoms with Crippen LogP contribution in [0.1, 0.15) is 31.1 Å². The van der Waals surface area contributed by atoms with Crippen molar-refractivity contribution < 1.29 is 140 Å². The summed E-state index contributed by atoms with van der Waals surface area (Å²) < 4.78 is 0. The third kappa shape index (κ3) is 12.0. The van der Waals surface area contributed by atoms with Crippen molar-refractivity contribution in [2.45, 2.75) is 0 Å². The molecule has 13 heteroatoms. The van der Waals surface area contributed by atoms with E-state index in [0.29, 0.717) is 6.07 Å². The van der Waals surface area contributed by atoms with Crippen LogP contribution in [0.15, 0.2) is 18.2 Å². The van der Waals surface area contributed by atoms with Gasteiger partial charge in [-0.25, -0.2) is 0 Å². The first-order valence-electron chi connectivity index (χ1n) is 3.71. The maximum absolute atomic E-state index is 10.5. The van der Waals surface area contributed by atoms with Gasteiger partial charge in [-0.2, -0.15) is 0 Å². The molecule has 0 heterocycles. The zero-order chi connectivity index (χ0) is 11.6. The Balaban J connectivity index is -0.0000000643. The van der Waals surface area contributed by atoms with Crippen LogP contribution in [-0.4, -0.2) is 39.8 Å². The number of carboxylic acid groups (broad SMARTS) is 3. The number of carbonyl (C=O) groups excluding carboxylic acids is 3. The fourth-order valence-electron chi connectivity index (χ4n) is 1.02. The Labute approximate surface area is 191 Å².